The van der Waals surface area contributed by atoms with Crippen molar-refractivity contribution in [2.75, 3.05) is 0 Å². The number of aromatic carboxylic acids is 1. The molecule has 0 amide bonds. The molecule has 5 heteroatoms. The smallest absolute Gasteiger partial charge is 0.358 e. The number of hydrogen-bond acceptors (Lipinski definition) is 4. The van der Waals surface area contributed by atoms with Crippen LogP contribution in [0.3, 0.4) is 0 Å². The lowest BCUT2D eigenvalue weighted by Gasteiger charge is -2.27. The Morgan fingerprint density at radius 1 is 1.47 bits per heavy atom. The molecule has 1 aliphatic heterocycles. The molecule has 1 fully saturated rings. The fraction of sp³-hybridized carbons (Fsp3) is 0.571. The van der Waals surface area contributed by atoms with E-state index in [4.69, 9.17) is 14.6 Å². The summed E-state index contributed by atoms with van der Waals surface area (Å²) < 4.78 is 11.8. The SMILES string of the molecule is CC1(C)CC(Oc2cccnc2C(=O)O)C(C)(C)O1. The molecule has 2 rings (SSSR count). The molecule has 1 aliphatic rings. The molecule has 0 radical (unpaired) electrons. The fourth-order valence-electron chi connectivity index (χ4n) is 2.49. The monoisotopic (exact) mass is 265 g/mol. The van der Waals surface area contributed by atoms with E-state index >= 15 is 0 Å². The summed E-state index contributed by atoms with van der Waals surface area (Å²) in [5.41, 5.74) is -0.808. The zero-order chi connectivity index (χ0) is 14.3. The third-order valence-electron chi connectivity index (χ3n) is 3.23. The number of nitrogens with zero attached hydrogens (tertiary/aromatic N) is 1. The van der Waals surface area contributed by atoms with Gasteiger partial charge in [0.2, 0.25) is 0 Å². The summed E-state index contributed by atoms with van der Waals surface area (Å²) >= 11 is 0. The molecule has 0 bridgehead atoms. The molecule has 2 heterocycles. The van der Waals surface area contributed by atoms with Crippen LogP contribution in [-0.2, 0) is 4.74 Å². The number of ether oxygens (including phenoxy) is 2. The predicted octanol–water partition coefficient (Wildman–Crippen LogP) is 2.50. The molecule has 1 N–H and O–H groups in total. The van der Waals surface area contributed by atoms with Gasteiger partial charge in [-0.15, -0.1) is 0 Å². The fourth-order valence-corrected chi connectivity index (χ4v) is 2.49. The molecule has 1 aromatic heterocycles. The number of hydrogen-bond donors (Lipinski definition) is 1. The Bertz CT molecular complexity index is 496. The molecule has 104 valence electrons. The van der Waals surface area contributed by atoms with Gasteiger partial charge >= 0.3 is 5.97 Å². The second-order valence-electron chi connectivity index (χ2n) is 5.93. The minimum atomic E-state index is -1.09. The second kappa shape index (κ2) is 4.49. The number of pyridine rings is 1. The van der Waals surface area contributed by atoms with E-state index in [1.54, 1.807) is 12.1 Å². The van der Waals surface area contributed by atoms with E-state index in [2.05, 4.69) is 4.98 Å². The first-order valence-electron chi connectivity index (χ1n) is 6.26. The van der Waals surface area contributed by atoms with Gasteiger partial charge in [0, 0.05) is 12.6 Å². The van der Waals surface area contributed by atoms with Crippen molar-refractivity contribution >= 4 is 5.97 Å². The maximum atomic E-state index is 11.1. The summed E-state index contributed by atoms with van der Waals surface area (Å²) in [7, 11) is 0. The maximum Gasteiger partial charge on any atom is 0.358 e. The van der Waals surface area contributed by atoms with Crippen molar-refractivity contribution < 1.29 is 19.4 Å². The summed E-state index contributed by atoms with van der Waals surface area (Å²) in [4.78, 5) is 14.9. The largest absolute Gasteiger partial charge is 0.485 e. The van der Waals surface area contributed by atoms with Crippen molar-refractivity contribution in [3.05, 3.63) is 24.0 Å². The van der Waals surface area contributed by atoms with Gasteiger partial charge in [-0.05, 0) is 39.8 Å². The molecule has 0 aromatic carbocycles. The molecule has 0 saturated carbocycles. The Hall–Kier alpha value is -1.62. The van der Waals surface area contributed by atoms with Gasteiger partial charge in [-0.2, -0.15) is 0 Å². The van der Waals surface area contributed by atoms with Crippen LogP contribution in [0.25, 0.3) is 0 Å². The van der Waals surface area contributed by atoms with Crippen molar-refractivity contribution in [3.8, 4) is 5.75 Å². The highest BCUT2D eigenvalue weighted by atomic mass is 16.6. The summed E-state index contributed by atoms with van der Waals surface area (Å²) in [5, 5.41) is 9.10. The first-order chi connectivity index (χ1) is 8.71. The highest BCUT2D eigenvalue weighted by Crippen LogP contribution is 2.39. The van der Waals surface area contributed by atoms with E-state index in [1.807, 2.05) is 27.7 Å². The van der Waals surface area contributed by atoms with Crippen LogP contribution in [0.1, 0.15) is 44.6 Å². The highest BCUT2D eigenvalue weighted by molar-refractivity contribution is 5.88. The molecule has 0 spiro atoms. The second-order valence-corrected chi connectivity index (χ2v) is 5.93. The summed E-state index contributed by atoms with van der Waals surface area (Å²) in [5.74, 6) is -0.805. The number of aromatic nitrogens is 1. The van der Waals surface area contributed by atoms with Gasteiger partial charge in [0.1, 0.15) is 11.7 Å². The van der Waals surface area contributed by atoms with Crippen LogP contribution in [0.2, 0.25) is 0 Å². The predicted molar refractivity (Wildman–Crippen MR) is 69.5 cm³/mol. The molecule has 1 saturated heterocycles. The molecule has 19 heavy (non-hydrogen) atoms. The molecule has 0 aliphatic carbocycles. The third kappa shape index (κ3) is 2.87. The average Bonchev–Trinajstić information content (AvgIpc) is 2.47. The number of rotatable bonds is 3. The van der Waals surface area contributed by atoms with Gasteiger partial charge in [0.15, 0.2) is 11.4 Å². The van der Waals surface area contributed by atoms with E-state index in [-0.39, 0.29) is 23.1 Å². The van der Waals surface area contributed by atoms with E-state index in [0.29, 0.717) is 6.42 Å². The van der Waals surface area contributed by atoms with Crippen LogP contribution in [0, 0.1) is 0 Å². The van der Waals surface area contributed by atoms with Gasteiger partial charge in [0.25, 0.3) is 0 Å². The van der Waals surface area contributed by atoms with Gasteiger partial charge < -0.3 is 14.6 Å². The van der Waals surface area contributed by atoms with Crippen molar-refractivity contribution in [2.24, 2.45) is 0 Å². The number of carboxylic acid groups (broad SMARTS) is 1. The highest BCUT2D eigenvalue weighted by Gasteiger charge is 2.47. The summed E-state index contributed by atoms with van der Waals surface area (Å²) in [6.07, 6.45) is 1.94. The Morgan fingerprint density at radius 3 is 2.68 bits per heavy atom. The van der Waals surface area contributed by atoms with Gasteiger partial charge in [-0.25, -0.2) is 9.78 Å². The lowest BCUT2D eigenvalue weighted by atomic mass is 9.97. The Morgan fingerprint density at radius 2 is 2.16 bits per heavy atom. The van der Waals surface area contributed by atoms with Crippen LogP contribution < -0.4 is 4.74 Å². The van der Waals surface area contributed by atoms with Crippen molar-refractivity contribution in [3.63, 3.8) is 0 Å². The van der Waals surface area contributed by atoms with Crippen LogP contribution >= 0.6 is 0 Å². The van der Waals surface area contributed by atoms with E-state index in [1.165, 1.54) is 6.20 Å². The first kappa shape index (κ1) is 13.8. The summed E-state index contributed by atoms with van der Waals surface area (Å²) in [6, 6.07) is 3.29. The molecular weight excluding hydrogens is 246 g/mol. The molecule has 1 aromatic rings. The topological polar surface area (TPSA) is 68.7 Å². The molecule has 1 unspecified atom stereocenters. The van der Waals surface area contributed by atoms with E-state index < -0.39 is 11.6 Å². The van der Waals surface area contributed by atoms with E-state index in [9.17, 15) is 4.79 Å². The van der Waals surface area contributed by atoms with E-state index in [0.717, 1.165) is 0 Å². The molecule has 1 atom stereocenters. The standard InChI is InChI=1S/C14H19NO4/c1-13(2)8-10(14(3,4)19-13)18-9-6-5-7-15-11(9)12(16)17/h5-7,10H,8H2,1-4H3,(H,16,17). The zero-order valence-corrected chi connectivity index (χ0v) is 11.6. The van der Waals surface area contributed by atoms with Gasteiger partial charge in [-0.1, -0.05) is 0 Å². The van der Waals surface area contributed by atoms with Crippen molar-refractivity contribution in [1.29, 1.82) is 0 Å². The number of carbonyl (C=O) groups is 1. The van der Waals surface area contributed by atoms with Crippen LogP contribution in [-0.4, -0.2) is 33.4 Å². The van der Waals surface area contributed by atoms with Gasteiger partial charge in [0.05, 0.1) is 5.60 Å². The van der Waals surface area contributed by atoms with Gasteiger partial charge in [-0.3, -0.25) is 0 Å². The quantitative estimate of drug-likeness (QED) is 0.909. The third-order valence-corrected chi connectivity index (χ3v) is 3.23. The lowest BCUT2D eigenvalue weighted by molar-refractivity contribution is -0.0847. The normalized spacial score (nSPS) is 24.1. The van der Waals surface area contributed by atoms with Crippen molar-refractivity contribution in [2.45, 2.75) is 51.4 Å². The summed E-state index contributed by atoms with van der Waals surface area (Å²) in [6.45, 7) is 7.89. The Kier molecular flexibility index (Phi) is 3.26. The van der Waals surface area contributed by atoms with Crippen LogP contribution in [0.15, 0.2) is 18.3 Å². The van der Waals surface area contributed by atoms with Crippen molar-refractivity contribution in [1.82, 2.24) is 4.98 Å². The number of carboxylic acids is 1. The first-order valence-corrected chi connectivity index (χ1v) is 6.26. The average molecular weight is 265 g/mol. The Balaban J connectivity index is 2.25. The van der Waals surface area contributed by atoms with Crippen LogP contribution in [0.5, 0.6) is 5.75 Å². The minimum Gasteiger partial charge on any atom is -0.485 e. The maximum absolute atomic E-state index is 11.1. The minimum absolute atomic E-state index is 0.0667. The van der Waals surface area contributed by atoms with Crippen LogP contribution in [0.4, 0.5) is 0 Å². The molecule has 5 nitrogen and oxygen atoms in total. The Labute approximate surface area is 112 Å². The molecular formula is C14H19NO4. The zero-order valence-electron chi connectivity index (χ0n) is 11.6. The lowest BCUT2D eigenvalue weighted by Crippen LogP contribution is -2.37.